The van der Waals surface area contributed by atoms with Crippen molar-refractivity contribution < 1.29 is 18.0 Å². The van der Waals surface area contributed by atoms with Crippen molar-refractivity contribution in [3.05, 3.63) is 82.5 Å². The summed E-state index contributed by atoms with van der Waals surface area (Å²) >= 11 is 1.38. The summed E-state index contributed by atoms with van der Waals surface area (Å²) in [5.41, 5.74) is 0.847. The van der Waals surface area contributed by atoms with E-state index < -0.39 is 11.6 Å². The number of hydrogen-bond acceptors (Lipinski definition) is 3. The van der Waals surface area contributed by atoms with E-state index in [9.17, 15) is 13.6 Å². The summed E-state index contributed by atoms with van der Waals surface area (Å²) in [6, 6.07) is 13.9. The monoisotopic (exact) mass is 340 g/mol. The zero-order chi connectivity index (χ0) is 16.7. The lowest BCUT2D eigenvalue weighted by atomic mass is 10.1. The van der Waals surface area contributed by atoms with E-state index in [-0.39, 0.29) is 17.1 Å². The fourth-order valence-electron chi connectivity index (χ4n) is 2.53. The minimum atomic E-state index is -0.692. The van der Waals surface area contributed by atoms with E-state index in [1.807, 2.05) is 18.2 Å². The molecule has 0 aliphatic carbocycles. The first-order chi connectivity index (χ1) is 11.6. The second-order valence-electron chi connectivity index (χ2n) is 5.26. The largest absolute Gasteiger partial charge is 0.457 e. The molecule has 2 nitrogen and oxygen atoms in total. The van der Waals surface area contributed by atoms with Gasteiger partial charge in [0, 0.05) is 16.5 Å². The average molecular weight is 340 g/mol. The molecule has 0 unspecified atom stereocenters. The quantitative estimate of drug-likeness (QED) is 0.573. The van der Waals surface area contributed by atoms with Gasteiger partial charge in [0.15, 0.2) is 0 Å². The Morgan fingerprint density at radius 2 is 1.79 bits per heavy atom. The normalized spacial score (nSPS) is 15.1. The molecule has 0 bridgehead atoms. The Kier molecular flexibility index (Phi) is 3.58. The lowest BCUT2D eigenvalue weighted by Crippen LogP contribution is -1.93. The van der Waals surface area contributed by atoms with Crippen molar-refractivity contribution in [1.82, 2.24) is 0 Å². The molecule has 1 aliphatic heterocycles. The first-order valence-corrected chi connectivity index (χ1v) is 8.02. The Hall–Kier alpha value is -2.66. The van der Waals surface area contributed by atoms with Gasteiger partial charge < -0.3 is 4.42 Å². The summed E-state index contributed by atoms with van der Waals surface area (Å²) in [5, 5.41) is 0. The third-order valence-electron chi connectivity index (χ3n) is 3.67. The molecule has 4 rings (SSSR count). The van der Waals surface area contributed by atoms with E-state index in [1.165, 1.54) is 23.9 Å². The molecule has 1 aliphatic rings. The molecule has 0 amide bonds. The van der Waals surface area contributed by atoms with Crippen LogP contribution >= 0.6 is 11.8 Å². The molecule has 0 saturated heterocycles. The number of rotatable bonds is 2. The zero-order valence-corrected chi connectivity index (χ0v) is 13.1. The first-order valence-electron chi connectivity index (χ1n) is 7.20. The predicted molar refractivity (Wildman–Crippen MR) is 88.7 cm³/mol. The summed E-state index contributed by atoms with van der Waals surface area (Å²) in [4.78, 5) is 13.8. The van der Waals surface area contributed by atoms with Gasteiger partial charge in [0.2, 0.25) is 5.78 Å². The lowest BCUT2D eigenvalue weighted by Gasteiger charge is -1.99. The van der Waals surface area contributed by atoms with Crippen LogP contribution in [0.2, 0.25) is 0 Å². The molecule has 0 N–H and O–H groups in total. The number of thioether (sulfide) groups is 1. The second kappa shape index (κ2) is 5.76. The SMILES string of the molecule is O=C1C(=Cc2ccc(-c3ccc(F)cc3F)o2)Sc2ccccc21. The number of halogens is 2. The van der Waals surface area contributed by atoms with Crippen molar-refractivity contribution >= 4 is 23.6 Å². The minimum Gasteiger partial charge on any atom is -0.457 e. The maximum atomic E-state index is 13.8. The topological polar surface area (TPSA) is 30.2 Å². The van der Waals surface area contributed by atoms with Crippen LogP contribution in [-0.4, -0.2) is 5.78 Å². The summed E-state index contributed by atoms with van der Waals surface area (Å²) in [7, 11) is 0. The number of ketones is 1. The number of hydrogen-bond donors (Lipinski definition) is 0. The van der Waals surface area contributed by atoms with E-state index in [0.29, 0.717) is 16.2 Å². The van der Waals surface area contributed by atoms with E-state index >= 15 is 0 Å². The Labute approximate surface area is 140 Å². The maximum Gasteiger partial charge on any atom is 0.200 e. The van der Waals surface area contributed by atoms with Gasteiger partial charge in [-0.2, -0.15) is 0 Å². The highest BCUT2D eigenvalue weighted by Crippen LogP contribution is 2.41. The number of allylic oxidation sites excluding steroid dienone is 1. The minimum absolute atomic E-state index is 0.0542. The molecule has 2 aromatic carbocycles. The van der Waals surface area contributed by atoms with Crippen molar-refractivity contribution in [2.75, 3.05) is 0 Å². The molecule has 0 spiro atoms. The molecule has 2 heterocycles. The Morgan fingerprint density at radius 1 is 0.958 bits per heavy atom. The average Bonchev–Trinajstić information content (AvgIpc) is 3.14. The summed E-state index contributed by atoms with van der Waals surface area (Å²) in [5.74, 6) is -0.663. The highest BCUT2D eigenvalue weighted by Gasteiger charge is 2.25. The molecular formula is C19H10F2O2S. The van der Waals surface area contributed by atoms with Crippen LogP contribution < -0.4 is 0 Å². The fourth-order valence-corrected chi connectivity index (χ4v) is 3.56. The Bertz CT molecular complexity index is 989. The predicted octanol–water partition coefficient (Wildman–Crippen LogP) is 5.55. The summed E-state index contributed by atoms with van der Waals surface area (Å²) in [6.07, 6.45) is 1.64. The Morgan fingerprint density at radius 3 is 2.58 bits per heavy atom. The van der Waals surface area contributed by atoms with E-state index in [2.05, 4.69) is 0 Å². The van der Waals surface area contributed by atoms with Crippen LogP contribution in [0.1, 0.15) is 16.1 Å². The van der Waals surface area contributed by atoms with Gasteiger partial charge in [0.05, 0.1) is 10.5 Å². The van der Waals surface area contributed by atoms with Crippen LogP contribution in [0, 0.1) is 11.6 Å². The first kappa shape index (κ1) is 14.9. The zero-order valence-electron chi connectivity index (χ0n) is 12.3. The molecule has 0 radical (unpaired) electrons. The number of carbonyl (C=O) groups is 1. The summed E-state index contributed by atoms with van der Waals surface area (Å²) in [6.45, 7) is 0. The van der Waals surface area contributed by atoms with E-state index in [0.717, 1.165) is 11.0 Å². The number of Topliss-reactive ketones (excluding diaryl/α,β-unsaturated/α-hetero) is 1. The second-order valence-corrected chi connectivity index (χ2v) is 6.35. The molecule has 0 fully saturated rings. The number of carbonyl (C=O) groups excluding carboxylic acids is 1. The molecule has 3 aromatic rings. The standard InChI is InChI=1S/C19H10F2O2S/c20-11-5-7-13(15(21)9-11)16-8-6-12(23-16)10-18-19(22)14-3-1-2-4-17(14)24-18/h1-10H. The molecular weight excluding hydrogens is 330 g/mol. The maximum absolute atomic E-state index is 13.8. The molecule has 24 heavy (non-hydrogen) atoms. The van der Waals surface area contributed by atoms with Gasteiger partial charge in [-0.15, -0.1) is 0 Å². The van der Waals surface area contributed by atoms with E-state index in [4.69, 9.17) is 4.42 Å². The van der Waals surface area contributed by atoms with Crippen LogP contribution in [0.3, 0.4) is 0 Å². The van der Waals surface area contributed by atoms with Crippen molar-refractivity contribution in [3.8, 4) is 11.3 Å². The van der Waals surface area contributed by atoms with E-state index in [1.54, 1.807) is 24.3 Å². The molecule has 5 heteroatoms. The van der Waals surface area contributed by atoms with Crippen molar-refractivity contribution in [3.63, 3.8) is 0 Å². The van der Waals surface area contributed by atoms with Crippen LogP contribution in [0.15, 0.2) is 68.8 Å². The van der Waals surface area contributed by atoms with Crippen LogP contribution in [0.5, 0.6) is 0 Å². The lowest BCUT2D eigenvalue weighted by molar-refractivity contribution is 0.104. The van der Waals surface area contributed by atoms with Gasteiger partial charge in [-0.1, -0.05) is 23.9 Å². The summed E-state index contributed by atoms with van der Waals surface area (Å²) < 4.78 is 32.4. The van der Waals surface area contributed by atoms with Gasteiger partial charge >= 0.3 is 0 Å². The molecule has 0 saturated carbocycles. The van der Waals surface area contributed by atoms with Gasteiger partial charge in [0.25, 0.3) is 0 Å². The van der Waals surface area contributed by atoms with Gasteiger partial charge in [-0.3, -0.25) is 4.79 Å². The molecule has 0 atom stereocenters. The van der Waals surface area contributed by atoms with Crippen molar-refractivity contribution in [2.24, 2.45) is 0 Å². The van der Waals surface area contributed by atoms with Crippen molar-refractivity contribution in [2.45, 2.75) is 4.90 Å². The van der Waals surface area contributed by atoms with Gasteiger partial charge in [-0.25, -0.2) is 8.78 Å². The number of furan rings is 1. The van der Waals surface area contributed by atoms with Crippen LogP contribution in [-0.2, 0) is 0 Å². The smallest absolute Gasteiger partial charge is 0.200 e. The number of fused-ring (bicyclic) bond motifs is 1. The fraction of sp³-hybridized carbons (Fsp3) is 0. The van der Waals surface area contributed by atoms with Crippen molar-refractivity contribution in [1.29, 1.82) is 0 Å². The Balaban J connectivity index is 1.66. The molecule has 118 valence electrons. The third-order valence-corrected chi connectivity index (χ3v) is 4.77. The number of benzene rings is 2. The molecule has 1 aromatic heterocycles. The van der Waals surface area contributed by atoms with Gasteiger partial charge in [-0.05, 0) is 42.5 Å². The highest BCUT2D eigenvalue weighted by atomic mass is 32.2. The highest BCUT2D eigenvalue weighted by molar-refractivity contribution is 8.04. The third kappa shape index (κ3) is 2.57. The van der Waals surface area contributed by atoms with Gasteiger partial charge in [0.1, 0.15) is 23.2 Å². The van der Waals surface area contributed by atoms with Crippen LogP contribution in [0.4, 0.5) is 8.78 Å². The van der Waals surface area contributed by atoms with Crippen LogP contribution in [0.25, 0.3) is 17.4 Å².